The van der Waals surface area contributed by atoms with E-state index in [0.29, 0.717) is 4.90 Å². The average Bonchev–Trinajstić information content (AvgIpc) is 3.30. The van der Waals surface area contributed by atoms with Gasteiger partial charge in [-0.25, -0.2) is 8.42 Å². The number of rotatable bonds is 8. The van der Waals surface area contributed by atoms with Gasteiger partial charge >= 0.3 is 0 Å². The molecule has 0 amide bonds. The van der Waals surface area contributed by atoms with Crippen LogP contribution in [-0.4, -0.2) is 31.9 Å². The molecule has 114 valence electrons. The number of hydrogen-bond acceptors (Lipinski definition) is 4. The molecular weight excluding hydrogens is 286 g/mol. The van der Waals surface area contributed by atoms with Crippen LogP contribution >= 0.6 is 0 Å². The SMILES string of the molecule is CCCNc1ccc(S(=O)(=O)N(CCC#N)C2CC2)cc1. The Morgan fingerprint density at radius 3 is 2.52 bits per heavy atom. The first-order valence-electron chi connectivity index (χ1n) is 7.32. The highest BCUT2D eigenvalue weighted by Crippen LogP contribution is 2.32. The zero-order valence-electron chi connectivity index (χ0n) is 12.2. The van der Waals surface area contributed by atoms with E-state index < -0.39 is 10.0 Å². The molecule has 5 nitrogen and oxygen atoms in total. The van der Waals surface area contributed by atoms with Gasteiger partial charge in [0.2, 0.25) is 10.0 Å². The van der Waals surface area contributed by atoms with Crippen LogP contribution in [0.1, 0.15) is 32.6 Å². The quantitative estimate of drug-likeness (QED) is 0.801. The number of hydrogen-bond donors (Lipinski definition) is 1. The molecule has 1 saturated carbocycles. The zero-order valence-corrected chi connectivity index (χ0v) is 13.1. The van der Waals surface area contributed by atoms with E-state index in [0.717, 1.165) is 31.5 Å². The summed E-state index contributed by atoms with van der Waals surface area (Å²) in [6, 6.07) is 8.94. The molecule has 0 radical (unpaired) electrons. The lowest BCUT2D eigenvalue weighted by Crippen LogP contribution is -2.33. The lowest BCUT2D eigenvalue weighted by Gasteiger charge is -2.20. The summed E-state index contributed by atoms with van der Waals surface area (Å²) in [7, 11) is -3.49. The minimum absolute atomic E-state index is 0.0706. The Morgan fingerprint density at radius 1 is 1.33 bits per heavy atom. The van der Waals surface area contributed by atoms with Crippen molar-refractivity contribution in [3.8, 4) is 6.07 Å². The third kappa shape index (κ3) is 3.96. The Balaban J connectivity index is 2.15. The van der Waals surface area contributed by atoms with Crippen LogP contribution in [0.4, 0.5) is 5.69 Å². The lowest BCUT2D eigenvalue weighted by molar-refractivity contribution is 0.411. The van der Waals surface area contributed by atoms with Crippen LogP contribution in [0.2, 0.25) is 0 Å². The third-order valence-corrected chi connectivity index (χ3v) is 5.40. The summed E-state index contributed by atoms with van der Waals surface area (Å²) in [5.41, 5.74) is 0.922. The molecule has 0 heterocycles. The summed E-state index contributed by atoms with van der Waals surface area (Å²) in [5.74, 6) is 0. The number of anilines is 1. The van der Waals surface area contributed by atoms with Crippen molar-refractivity contribution in [1.29, 1.82) is 5.26 Å². The molecule has 6 heteroatoms. The number of nitrogens with one attached hydrogen (secondary N) is 1. The highest BCUT2D eigenvalue weighted by atomic mass is 32.2. The molecule has 0 saturated heterocycles. The standard InChI is InChI=1S/C15H21N3O2S/c1-2-11-17-13-4-8-15(9-5-13)21(19,20)18(12-3-10-16)14-6-7-14/h4-5,8-9,14,17H,2-3,6-7,11-12H2,1H3. The molecule has 1 N–H and O–H groups in total. The summed E-state index contributed by atoms with van der Waals surface area (Å²) in [5, 5.41) is 11.9. The van der Waals surface area contributed by atoms with Crippen LogP contribution in [-0.2, 0) is 10.0 Å². The van der Waals surface area contributed by atoms with Crippen LogP contribution in [0, 0.1) is 11.3 Å². The van der Waals surface area contributed by atoms with E-state index in [1.165, 1.54) is 4.31 Å². The fraction of sp³-hybridized carbons (Fsp3) is 0.533. The molecule has 0 bridgehead atoms. The van der Waals surface area contributed by atoms with Gasteiger partial charge in [0, 0.05) is 31.2 Å². The summed E-state index contributed by atoms with van der Waals surface area (Å²) >= 11 is 0. The maximum atomic E-state index is 12.6. The third-order valence-electron chi connectivity index (χ3n) is 3.44. The Kier molecular flexibility index (Phi) is 5.21. The van der Waals surface area contributed by atoms with E-state index in [-0.39, 0.29) is 19.0 Å². The number of sulfonamides is 1. The molecular formula is C15H21N3O2S. The molecule has 1 aliphatic rings. The minimum atomic E-state index is -3.49. The smallest absolute Gasteiger partial charge is 0.243 e. The predicted octanol–water partition coefficient (Wildman–Crippen LogP) is 2.58. The highest BCUT2D eigenvalue weighted by Gasteiger charge is 2.37. The fourth-order valence-electron chi connectivity index (χ4n) is 2.17. The van der Waals surface area contributed by atoms with Crippen molar-refractivity contribution in [2.45, 2.75) is 43.5 Å². The van der Waals surface area contributed by atoms with E-state index >= 15 is 0 Å². The van der Waals surface area contributed by atoms with Crippen molar-refractivity contribution in [3.05, 3.63) is 24.3 Å². The maximum absolute atomic E-state index is 12.6. The van der Waals surface area contributed by atoms with Crippen LogP contribution in [0.15, 0.2) is 29.2 Å². The van der Waals surface area contributed by atoms with Crippen LogP contribution < -0.4 is 5.32 Å². The van der Waals surface area contributed by atoms with Crippen LogP contribution in [0.25, 0.3) is 0 Å². The second-order valence-corrected chi connectivity index (χ2v) is 7.10. The van der Waals surface area contributed by atoms with Gasteiger partial charge in [-0.1, -0.05) is 6.92 Å². The molecule has 0 unspecified atom stereocenters. The van der Waals surface area contributed by atoms with E-state index in [9.17, 15) is 8.42 Å². The first-order chi connectivity index (χ1) is 10.1. The lowest BCUT2D eigenvalue weighted by atomic mass is 10.3. The van der Waals surface area contributed by atoms with Crippen molar-refractivity contribution in [2.75, 3.05) is 18.4 Å². The maximum Gasteiger partial charge on any atom is 0.243 e. The van der Waals surface area contributed by atoms with Gasteiger partial charge in [-0.3, -0.25) is 0 Å². The van der Waals surface area contributed by atoms with Gasteiger partial charge in [-0.2, -0.15) is 9.57 Å². The molecule has 1 aliphatic carbocycles. The average molecular weight is 307 g/mol. The van der Waals surface area contributed by atoms with Gasteiger partial charge in [0.25, 0.3) is 0 Å². The molecule has 2 rings (SSSR count). The van der Waals surface area contributed by atoms with Crippen molar-refractivity contribution in [3.63, 3.8) is 0 Å². The number of benzene rings is 1. The molecule has 21 heavy (non-hydrogen) atoms. The molecule has 0 spiro atoms. The number of nitriles is 1. The summed E-state index contributed by atoms with van der Waals surface area (Å²) in [4.78, 5) is 0.300. The van der Waals surface area contributed by atoms with E-state index in [1.807, 2.05) is 6.07 Å². The monoisotopic (exact) mass is 307 g/mol. The topological polar surface area (TPSA) is 73.2 Å². The van der Waals surface area contributed by atoms with E-state index in [4.69, 9.17) is 5.26 Å². The van der Waals surface area contributed by atoms with Crippen molar-refractivity contribution in [1.82, 2.24) is 4.31 Å². The number of nitrogens with zero attached hydrogens (tertiary/aromatic N) is 2. The van der Waals surface area contributed by atoms with Crippen LogP contribution in [0.5, 0.6) is 0 Å². The normalized spacial score (nSPS) is 14.9. The molecule has 1 fully saturated rings. The molecule has 0 aliphatic heterocycles. The second kappa shape index (κ2) is 6.92. The van der Waals surface area contributed by atoms with Gasteiger partial charge in [0.05, 0.1) is 11.0 Å². The minimum Gasteiger partial charge on any atom is -0.385 e. The summed E-state index contributed by atoms with van der Waals surface area (Å²) in [6.45, 7) is 3.22. The Morgan fingerprint density at radius 2 is 2.00 bits per heavy atom. The van der Waals surface area contributed by atoms with Gasteiger partial charge in [0.1, 0.15) is 0 Å². The largest absolute Gasteiger partial charge is 0.385 e. The Bertz CT molecular complexity index is 601. The first kappa shape index (κ1) is 15.8. The first-order valence-corrected chi connectivity index (χ1v) is 8.76. The second-order valence-electron chi connectivity index (χ2n) is 5.21. The van der Waals surface area contributed by atoms with Gasteiger partial charge in [-0.15, -0.1) is 0 Å². The molecule has 1 aromatic rings. The van der Waals surface area contributed by atoms with Crippen molar-refractivity contribution >= 4 is 15.7 Å². The zero-order chi connectivity index (χ0) is 15.3. The van der Waals surface area contributed by atoms with E-state index in [2.05, 4.69) is 12.2 Å². The van der Waals surface area contributed by atoms with Gasteiger partial charge < -0.3 is 5.32 Å². The predicted molar refractivity (Wildman–Crippen MR) is 82.4 cm³/mol. The fourth-order valence-corrected chi connectivity index (χ4v) is 3.86. The Labute approximate surface area is 126 Å². The van der Waals surface area contributed by atoms with Gasteiger partial charge in [-0.05, 0) is 43.5 Å². The highest BCUT2D eigenvalue weighted by molar-refractivity contribution is 7.89. The van der Waals surface area contributed by atoms with Crippen molar-refractivity contribution in [2.24, 2.45) is 0 Å². The molecule has 0 atom stereocenters. The Hall–Kier alpha value is -1.58. The molecule has 0 aromatic heterocycles. The van der Waals surface area contributed by atoms with Crippen molar-refractivity contribution < 1.29 is 8.42 Å². The van der Waals surface area contributed by atoms with Crippen LogP contribution in [0.3, 0.4) is 0 Å². The molecule has 1 aromatic carbocycles. The summed E-state index contributed by atoms with van der Waals surface area (Å²) < 4.78 is 26.8. The summed E-state index contributed by atoms with van der Waals surface area (Å²) in [6.07, 6.45) is 3.02. The van der Waals surface area contributed by atoms with E-state index in [1.54, 1.807) is 24.3 Å². The van der Waals surface area contributed by atoms with Gasteiger partial charge in [0.15, 0.2) is 0 Å².